The zero-order chi connectivity index (χ0) is 21.7. The number of fused-ring (bicyclic) bond motifs is 1. The van der Waals surface area contributed by atoms with E-state index in [-0.39, 0.29) is 5.75 Å². The van der Waals surface area contributed by atoms with Gasteiger partial charge in [0.05, 0.1) is 23.0 Å². The molecule has 3 aromatic heterocycles. The van der Waals surface area contributed by atoms with E-state index in [0.29, 0.717) is 28.2 Å². The molecule has 0 radical (unpaired) electrons. The van der Waals surface area contributed by atoms with Crippen molar-refractivity contribution < 1.29 is 8.42 Å². The molecule has 3 rings (SSSR count). The first-order valence-electron chi connectivity index (χ1n) is 8.92. The SMILES string of the molecule is CN=CC(=CN)c1cnc2ccc(Nc3cc(CS(=O)(=O)N(C)C)cnn3)nc2c1. The molecule has 0 saturated carbocycles. The molecule has 0 bridgehead atoms. The van der Waals surface area contributed by atoms with Gasteiger partial charge >= 0.3 is 0 Å². The number of hydrogen-bond acceptors (Lipinski definition) is 9. The van der Waals surface area contributed by atoms with E-state index in [1.54, 1.807) is 31.6 Å². The van der Waals surface area contributed by atoms with Crippen molar-refractivity contribution in [3.8, 4) is 0 Å². The predicted octanol–water partition coefficient (Wildman–Crippen LogP) is 1.55. The number of nitrogens with one attached hydrogen (secondary N) is 1. The Bertz CT molecular complexity index is 1220. The van der Waals surface area contributed by atoms with Gasteiger partial charge in [-0.1, -0.05) is 0 Å². The van der Waals surface area contributed by atoms with Gasteiger partial charge in [0.2, 0.25) is 10.0 Å². The molecule has 0 aliphatic heterocycles. The molecule has 0 unspecified atom stereocenters. The minimum absolute atomic E-state index is 0.171. The van der Waals surface area contributed by atoms with E-state index in [2.05, 4.69) is 30.5 Å². The zero-order valence-electron chi connectivity index (χ0n) is 16.8. The van der Waals surface area contributed by atoms with E-state index in [0.717, 1.165) is 11.1 Å². The van der Waals surface area contributed by atoms with Crippen LogP contribution in [0, 0.1) is 0 Å². The van der Waals surface area contributed by atoms with Crippen molar-refractivity contribution >= 4 is 44.5 Å². The summed E-state index contributed by atoms with van der Waals surface area (Å²) in [6.45, 7) is 0. The number of allylic oxidation sites excluding steroid dienone is 1. The number of pyridine rings is 2. The molecule has 30 heavy (non-hydrogen) atoms. The second-order valence-corrected chi connectivity index (χ2v) is 8.76. The van der Waals surface area contributed by atoms with Crippen LogP contribution in [0.2, 0.25) is 0 Å². The van der Waals surface area contributed by atoms with E-state index in [1.807, 2.05) is 12.1 Å². The van der Waals surface area contributed by atoms with E-state index < -0.39 is 10.0 Å². The van der Waals surface area contributed by atoms with Crippen LogP contribution in [0.5, 0.6) is 0 Å². The second-order valence-electron chi connectivity index (χ2n) is 6.58. The van der Waals surface area contributed by atoms with E-state index in [9.17, 15) is 8.42 Å². The average molecular weight is 427 g/mol. The standard InChI is InChI=1S/C19H22N8O2S/c1-21-10-15(8-20)14-7-17-16(22-11-14)4-5-18(24-17)25-19-6-13(9-23-26-19)12-30(28,29)27(2)3/h4-11H,12,20H2,1-3H3,(H,24,25,26). The largest absolute Gasteiger partial charge is 0.404 e. The van der Waals surface area contributed by atoms with Crippen LogP contribution in [-0.2, 0) is 15.8 Å². The average Bonchev–Trinajstić information content (AvgIpc) is 2.71. The molecule has 0 aromatic carbocycles. The van der Waals surface area contributed by atoms with Crippen molar-refractivity contribution in [1.29, 1.82) is 0 Å². The second kappa shape index (κ2) is 8.93. The van der Waals surface area contributed by atoms with Crippen LogP contribution in [0.25, 0.3) is 16.6 Å². The van der Waals surface area contributed by atoms with Gasteiger partial charge in [-0.25, -0.2) is 17.7 Å². The molecule has 0 fully saturated rings. The molecular formula is C19H22N8O2S. The van der Waals surface area contributed by atoms with Crippen molar-refractivity contribution in [2.24, 2.45) is 10.7 Å². The van der Waals surface area contributed by atoms with E-state index >= 15 is 0 Å². The summed E-state index contributed by atoms with van der Waals surface area (Å²) in [5.74, 6) is 0.736. The van der Waals surface area contributed by atoms with Crippen LogP contribution < -0.4 is 11.1 Å². The highest BCUT2D eigenvalue weighted by Crippen LogP contribution is 2.20. The Kier molecular flexibility index (Phi) is 6.33. The van der Waals surface area contributed by atoms with E-state index in [4.69, 9.17) is 5.73 Å². The van der Waals surface area contributed by atoms with Gasteiger partial charge in [0.25, 0.3) is 0 Å². The van der Waals surface area contributed by atoms with Crippen LogP contribution in [0.15, 0.2) is 47.9 Å². The fourth-order valence-corrected chi connectivity index (χ4v) is 3.44. The third-order valence-corrected chi connectivity index (χ3v) is 6.00. The summed E-state index contributed by atoms with van der Waals surface area (Å²) >= 11 is 0. The highest BCUT2D eigenvalue weighted by Gasteiger charge is 2.15. The Labute approximate surface area is 174 Å². The van der Waals surface area contributed by atoms with Crippen molar-refractivity contribution in [3.05, 3.63) is 54.0 Å². The highest BCUT2D eigenvalue weighted by atomic mass is 32.2. The van der Waals surface area contributed by atoms with Gasteiger partial charge < -0.3 is 11.1 Å². The van der Waals surface area contributed by atoms with Gasteiger partial charge in [0.15, 0.2) is 5.82 Å². The smallest absolute Gasteiger partial charge is 0.217 e. The maximum Gasteiger partial charge on any atom is 0.217 e. The molecule has 11 heteroatoms. The maximum atomic E-state index is 12.1. The molecule has 156 valence electrons. The number of nitrogens with two attached hydrogens (primary N) is 1. The first-order valence-corrected chi connectivity index (χ1v) is 10.5. The van der Waals surface area contributed by atoms with Crippen LogP contribution >= 0.6 is 0 Å². The predicted molar refractivity (Wildman–Crippen MR) is 118 cm³/mol. The first kappa shape index (κ1) is 21.3. The summed E-state index contributed by atoms with van der Waals surface area (Å²) in [7, 11) is 1.24. The summed E-state index contributed by atoms with van der Waals surface area (Å²) in [4.78, 5) is 12.9. The molecule has 3 aromatic rings. The van der Waals surface area contributed by atoms with Gasteiger partial charge in [-0.2, -0.15) is 5.10 Å². The molecule has 10 nitrogen and oxygen atoms in total. The lowest BCUT2D eigenvalue weighted by Crippen LogP contribution is -2.23. The maximum absolute atomic E-state index is 12.1. The van der Waals surface area contributed by atoms with Crippen LogP contribution in [0.3, 0.4) is 0 Å². The summed E-state index contributed by atoms with van der Waals surface area (Å²) < 4.78 is 25.3. The number of sulfonamides is 1. The lowest BCUT2D eigenvalue weighted by Gasteiger charge is -2.11. The summed E-state index contributed by atoms with van der Waals surface area (Å²) in [6, 6.07) is 7.07. The minimum Gasteiger partial charge on any atom is -0.404 e. The minimum atomic E-state index is -3.40. The van der Waals surface area contributed by atoms with Gasteiger partial charge in [0.1, 0.15) is 5.82 Å². The molecule has 3 N–H and O–H groups in total. The summed E-state index contributed by atoms with van der Waals surface area (Å²) in [5.41, 5.74) is 9.07. The fourth-order valence-electron chi connectivity index (χ4n) is 2.60. The van der Waals surface area contributed by atoms with Crippen molar-refractivity contribution in [1.82, 2.24) is 24.5 Å². The monoisotopic (exact) mass is 426 g/mol. The normalized spacial score (nSPS) is 12.7. The van der Waals surface area contributed by atoms with Crippen molar-refractivity contribution in [3.63, 3.8) is 0 Å². The molecule has 3 heterocycles. The fraction of sp³-hybridized carbons (Fsp3) is 0.211. The lowest BCUT2D eigenvalue weighted by atomic mass is 10.1. The molecule has 0 amide bonds. The van der Waals surface area contributed by atoms with Crippen molar-refractivity contribution in [2.45, 2.75) is 5.75 Å². The third-order valence-electron chi connectivity index (χ3n) is 4.19. The van der Waals surface area contributed by atoms with Gasteiger partial charge in [0, 0.05) is 50.9 Å². The van der Waals surface area contributed by atoms with Gasteiger partial charge in [-0.05, 0) is 29.8 Å². The van der Waals surface area contributed by atoms with Crippen LogP contribution in [0.1, 0.15) is 11.1 Å². The highest BCUT2D eigenvalue weighted by molar-refractivity contribution is 7.88. The topological polar surface area (TPSA) is 139 Å². The quantitative estimate of drug-likeness (QED) is 0.543. The van der Waals surface area contributed by atoms with Crippen LogP contribution in [0.4, 0.5) is 11.6 Å². The molecular weight excluding hydrogens is 404 g/mol. The molecule has 0 aliphatic rings. The summed E-state index contributed by atoms with van der Waals surface area (Å²) in [6.07, 6.45) is 6.23. The first-order chi connectivity index (χ1) is 14.3. The Hall–Kier alpha value is -3.44. The summed E-state index contributed by atoms with van der Waals surface area (Å²) in [5, 5.41) is 10.9. The molecule has 0 atom stereocenters. The number of aliphatic imine (C=N–C) groups is 1. The molecule has 0 aliphatic carbocycles. The number of rotatable bonds is 7. The van der Waals surface area contributed by atoms with Crippen LogP contribution in [-0.4, -0.2) is 60.2 Å². The Morgan fingerprint density at radius 1 is 1.20 bits per heavy atom. The molecule has 0 spiro atoms. The van der Waals surface area contributed by atoms with Crippen molar-refractivity contribution in [2.75, 3.05) is 26.5 Å². The Morgan fingerprint density at radius 3 is 2.70 bits per heavy atom. The number of aromatic nitrogens is 4. The number of nitrogens with zero attached hydrogens (tertiary/aromatic N) is 6. The number of hydrogen-bond donors (Lipinski definition) is 2. The zero-order valence-corrected chi connectivity index (χ0v) is 17.6. The third kappa shape index (κ3) is 4.93. The molecule has 0 saturated heterocycles. The van der Waals surface area contributed by atoms with Gasteiger partial charge in [-0.3, -0.25) is 9.98 Å². The van der Waals surface area contributed by atoms with E-state index in [1.165, 1.54) is 30.8 Å². The lowest BCUT2D eigenvalue weighted by molar-refractivity contribution is 0.519. The Balaban J connectivity index is 1.88. The number of anilines is 2. The van der Waals surface area contributed by atoms with Gasteiger partial charge in [-0.15, -0.1) is 5.10 Å². The Morgan fingerprint density at radius 2 is 2.00 bits per heavy atom.